The summed E-state index contributed by atoms with van der Waals surface area (Å²) < 4.78 is 75.8. The predicted octanol–water partition coefficient (Wildman–Crippen LogP) is 6.41. The molecule has 0 saturated heterocycles. The number of halogens is 6. The highest BCUT2D eigenvalue weighted by Gasteiger charge is 2.37. The van der Waals surface area contributed by atoms with Crippen LogP contribution in [-0.4, -0.2) is 43.2 Å². The van der Waals surface area contributed by atoms with Gasteiger partial charge < -0.3 is 10.2 Å². The molecule has 4 rings (SSSR count). The monoisotopic (exact) mass is 658 g/mol. The third kappa shape index (κ3) is 7.62. The van der Waals surface area contributed by atoms with Gasteiger partial charge in [0.1, 0.15) is 22.7 Å². The number of aliphatic hydroxyl groups excluding tert-OH is 2. The minimum atomic E-state index is -4.80. The van der Waals surface area contributed by atoms with Gasteiger partial charge in [-0.2, -0.15) is 26.3 Å². The van der Waals surface area contributed by atoms with E-state index in [-0.39, 0.29) is 37.8 Å². The first-order valence-corrected chi connectivity index (χ1v) is 13.0. The lowest BCUT2D eigenvalue weighted by molar-refractivity contribution is -0.385. The number of nitro groups is 2. The quantitative estimate of drug-likeness (QED) is 0.0925. The maximum atomic E-state index is 12.6. The number of ketones is 4. The number of nitro benzene ring substituents is 2. The van der Waals surface area contributed by atoms with Gasteiger partial charge in [0.15, 0.2) is 23.1 Å². The third-order valence-corrected chi connectivity index (χ3v) is 6.76. The number of carbonyl (C=O) groups is 4. The maximum absolute atomic E-state index is 12.6. The number of rotatable bonds is 4. The van der Waals surface area contributed by atoms with E-state index in [1.54, 1.807) is 0 Å². The molecule has 2 aliphatic rings. The van der Waals surface area contributed by atoms with Gasteiger partial charge in [0.2, 0.25) is 0 Å². The minimum absolute atomic E-state index is 0.0143. The summed E-state index contributed by atoms with van der Waals surface area (Å²) in [5.74, 6) is -4.66. The summed E-state index contributed by atoms with van der Waals surface area (Å²) in [5.41, 5.74) is -6.99. The molecule has 0 spiro atoms. The van der Waals surface area contributed by atoms with Crippen molar-refractivity contribution in [3.63, 3.8) is 0 Å². The largest absolute Gasteiger partial charge is 0.506 e. The van der Waals surface area contributed by atoms with Crippen molar-refractivity contribution in [2.75, 3.05) is 0 Å². The number of alkyl halides is 6. The van der Waals surface area contributed by atoms with Crippen molar-refractivity contribution in [2.24, 2.45) is 0 Å². The average molecular weight is 658 g/mol. The van der Waals surface area contributed by atoms with Gasteiger partial charge in [-0.05, 0) is 37.1 Å². The third-order valence-electron chi connectivity index (χ3n) is 6.76. The second-order valence-electron chi connectivity index (χ2n) is 9.82. The van der Waals surface area contributed by atoms with Gasteiger partial charge in [0.25, 0.3) is 11.4 Å². The first-order chi connectivity index (χ1) is 21.2. The van der Waals surface area contributed by atoms with Gasteiger partial charge in [-0.1, -0.05) is 0 Å². The highest BCUT2D eigenvalue weighted by atomic mass is 19.4. The minimum Gasteiger partial charge on any atom is -0.506 e. The molecule has 2 saturated carbocycles. The lowest BCUT2D eigenvalue weighted by Gasteiger charge is -2.14. The molecule has 0 heterocycles. The molecule has 0 amide bonds. The summed E-state index contributed by atoms with van der Waals surface area (Å²) in [5, 5.41) is 42.1. The lowest BCUT2D eigenvalue weighted by atomic mass is 9.89. The van der Waals surface area contributed by atoms with Crippen molar-refractivity contribution < 1.29 is 65.6 Å². The molecule has 18 heteroatoms. The molecule has 244 valence electrons. The zero-order valence-corrected chi connectivity index (χ0v) is 23.0. The first kappa shape index (κ1) is 35.1. The molecule has 0 aromatic heterocycles. The van der Waals surface area contributed by atoms with Gasteiger partial charge in [-0.15, -0.1) is 0 Å². The molecule has 0 atom stereocenters. The van der Waals surface area contributed by atoms with Crippen molar-refractivity contribution >= 4 is 46.0 Å². The molecule has 12 nitrogen and oxygen atoms in total. The fourth-order valence-electron chi connectivity index (χ4n) is 4.55. The topological polar surface area (TPSA) is 195 Å². The number of hydrogen-bond donors (Lipinski definition) is 2. The number of nitrogens with zero attached hydrogens (tertiary/aromatic N) is 2. The van der Waals surface area contributed by atoms with Crippen LogP contribution in [0.4, 0.5) is 37.7 Å². The Labute approximate surface area is 252 Å². The van der Waals surface area contributed by atoms with E-state index in [0.29, 0.717) is 37.1 Å². The molecular formula is C28H20F6N2O10. The van der Waals surface area contributed by atoms with E-state index in [1.165, 1.54) is 0 Å². The fourth-order valence-corrected chi connectivity index (χ4v) is 4.55. The SMILES string of the molecule is O=C1CCCC(=O)C1=C(O)c1ccc(C(F)(F)F)cc1[N+](=O)[O-].O=C1CCCC(=O)C1=C(O)c1ccc(C(F)(F)F)cc1[N+](=O)[O-]. The van der Waals surface area contributed by atoms with E-state index in [1.807, 2.05) is 0 Å². The summed E-state index contributed by atoms with van der Waals surface area (Å²) in [6.45, 7) is 0. The van der Waals surface area contributed by atoms with Crippen molar-refractivity contribution in [3.8, 4) is 0 Å². The molecule has 2 aliphatic carbocycles. The number of benzene rings is 2. The van der Waals surface area contributed by atoms with Crippen molar-refractivity contribution in [3.05, 3.63) is 90.0 Å². The van der Waals surface area contributed by atoms with Crippen LogP contribution in [0.1, 0.15) is 60.8 Å². The molecule has 2 N–H and O–H groups in total. The van der Waals surface area contributed by atoms with Crippen LogP contribution in [0.15, 0.2) is 47.5 Å². The Bertz CT molecular complexity index is 1560. The average Bonchev–Trinajstić information content (AvgIpc) is 2.95. The number of Topliss-reactive ketones (excluding diaryl/α,β-unsaturated/α-hetero) is 4. The highest BCUT2D eigenvalue weighted by Crippen LogP contribution is 2.38. The Hall–Kier alpha value is -5.42. The lowest BCUT2D eigenvalue weighted by Crippen LogP contribution is -2.20. The van der Waals surface area contributed by atoms with E-state index in [2.05, 4.69) is 0 Å². The summed E-state index contributed by atoms with van der Waals surface area (Å²) in [6.07, 6.45) is -9.07. The van der Waals surface area contributed by atoms with Crippen LogP contribution in [0, 0.1) is 20.2 Å². The normalized spacial score (nSPS) is 15.7. The Morgan fingerprint density at radius 3 is 1.11 bits per heavy atom. The molecular weight excluding hydrogens is 638 g/mol. The van der Waals surface area contributed by atoms with Crippen molar-refractivity contribution in [1.82, 2.24) is 0 Å². The Kier molecular flexibility index (Phi) is 10.1. The molecule has 2 fully saturated rings. The Morgan fingerprint density at radius 1 is 0.587 bits per heavy atom. The zero-order chi connectivity index (χ0) is 34.7. The van der Waals surface area contributed by atoms with Gasteiger partial charge >= 0.3 is 12.4 Å². The second kappa shape index (κ2) is 13.3. The van der Waals surface area contributed by atoms with Crippen LogP contribution in [0.3, 0.4) is 0 Å². The molecule has 46 heavy (non-hydrogen) atoms. The van der Waals surface area contributed by atoms with Crippen LogP contribution >= 0.6 is 0 Å². The predicted molar refractivity (Wildman–Crippen MR) is 143 cm³/mol. The van der Waals surface area contributed by atoms with Crippen LogP contribution in [0.25, 0.3) is 11.5 Å². The van der Waals surface area contributed by atoms with E-state index in [4.69, 9.17) is 0 Å². The molecule has 0 aliphatic heterocycles. The first-order valence-electron chi connectivity index (χ1n) is 13.0. The van der Waals surface area contributed by atoms with E-state index >= 15 is 0 Å². The van der Waals surface area contributed by atoms with Crippen molar-refractivity contribution in [2.45, 2.75) is 50.9 Å². The molecule has 2 aromatic rings. The standard InChI is InChI=1S/2C14H10F3NO5/c2*15-14(16,17)7-4-5-8(9(6-7)18(22)23)13(21)12-10(19)2-1-3-11(12)20/h2*4-6,21H,1-3H2. The number of carbonyl (C=O) groups excluding carboxylic acids is 4. The summed E-state index contributed by atoms with van der Waals surface area (Å²) in [4.78, 5) is 66.7. The van der Waals surface area contributed by atoms with Gasteiger partial charge in [-0.25, -0.2) is 0 Å². The molecule has 0 radical (unpaired) electrons. The molecule has 0 bridgehead atoms. The Morgan fingerprint density at radius 2 is 0.870 bits per heavy atom. The summed E-state index contributed by atoms with van der Waals surface area (Å²) in [6, 6.07) is 2.94. The molecule has 2 aromatic carbocycles. The van der Waals surface area contributed by atoms with E-state index < -0.39 is 102 Å². The van der Waals surface area contributed by atoms with Crippen LogP contribution in [0.2, 0.25) is 0 Å². The van der Waals surface area contributed by atoms with Crippen LogP contribution in [-0.2, 0) is 31.5 Å². The van der Waals surface area contributed by atoms with Crippen molar-refractivity contribution in [1.29, 1.82) is 0 Å². The van der Waals surface area contributed by atoms with Gasteiger partial charge in [0, 0.05) is 37.8 Å². The van der Waals surface area contributed by atoms with E-state index in [9.17, 15) is 76.0 Å². The summed E-state index contributed by atoms with van der Waals surface area (Å²) >= 11 is 0. The van der Waals surface area contributed by atoms with Gasteiger partial charge in [0.05, 0.1) is 32.1 Å². The highest BCUT2D eigenvalue weighted by molar-refractivity contribution is 6.26. The van der Waals surface area contributed by atoms with Crippen LogP contribution < -0.4 is 0 Å². The number of allylic oxidation sites excluding steroid dienone is 2. The summed E-state index contributed by atoms with van der Waals surface area (Å²) in [7, 11) is 0. The second-order valence-corrected chi connectivity index (χ2v) is 9.82. The maximum Gasteiger partial charge on any atom is 0.416 e. The van der Waals surface area contributed by atoms with E-state index in [0.717, 1.165) is 0 Å². The Balaban J connectivity index is 0.000000250. The fraction of sp³-hybridized carbons (Fsp3) is 0.286. The van der Waals surface area contributed by atoms with Crippen LogP contribution in [0.5, 0.6) is 0 Å². The number of aliphatic hydroxyl groups is 2. The van der Waals surface area contributed by atoms with Gasteiger partial charge in [-0.3, -0.25) is 39.4 Å². The smallest absolute Gasteiger partial charge is 0.416 e. The number of hydrogen-bond acceptors (Lipinski definition) is 10. The molecule has 0 unspecified atom stereocenters. The zero-order valence-electron chi connectivity index (χ0n) is 23.0.